The fourth-order valence-electron chi connectivity index (χ4n) is 2.38. The van der Waals surface area contributed by atoms with E-state index in [1.165, 1.54) is 18.6 Å². The van der Waals surface area contributed by atoms with Crippen LogP contribution in [0.15, 0.2) is 35.2 Å². The molecule has 3 nitrogen and oxygen atoms in total. The lowest BCUT2D eigenvalue weighted by atomic mass is 10.1. The van der Waals surface area contributed by atoms with Gasteiger partial charge in [-0.05, 0) is 53.5 Å². The van der Waals surface area contributed by atoms with E-state index in [2.05, 4.69) is 26.2 Å². The summed E-state index contributed by atoms with van der Waals surface area (Å²) >= 11 is 3.40. The molecule has 0 saturated carbocycles. The maximum absolute atomic E-state index is 13.1. The predicted molar refractivity (Wildman–Crippen MR) is 71.2 cm³/mol. The highest BCUT2D eigenvalue weighted by Crippen LogP contribution is 2.28. The third-order valence-electron chi connectivity index (χ3n) is 3.25. The van der Waals surface area contributed by atoms with Crippen molar-refractivity contribution >= 4 is 15.9 Å². The van der Waals surface area contributed by atoms with E-state index < -0.39 is 0 Å². The first-order valence-corrected chi connectivity index (χ1v) is 6.76. The van der Waals surface area contributed by atoms with Crippen LogP contribution in [0.4, 0.5) is 4.39 Å². The molecule has 1 N–H and O–H groups in total. The quantitative estimate of drug-likeness (QED) is 0.923. The lowest BCUT2D eigenvalue weighted by Crippen LogP contribution is -2.16. The van der Waals surface area contributed by atoms with Gasteiger partial charge >= 0.3 is 0 Å². The van der Waals surface area contributed by atoms with E-state index in [1.807, 2.05) is 10.8 Å². The summed E-state index contributed by atoms with van der Waals surface area (Å²) in [6, 6.07) is 5.04. The summed E-state index contributed by atoms with van der Waals surface area (Å²) in [4.78, 5) is 4.22. The maximum Gasteiger partial charge on any atom is 0.124 e. The Hall–Kier alpha value is -1.20. The first kappa shape index (κ1) is 11.9. The van der Waals surface area contributed by atoms with Gasteiger partial charge in [0.1, 0.15) is 5.82 Å². The number of imidazole rings is 1. The zero-order valence-electron chi connectivity index (χ0n) is 9.74. The molecular formula is C13H13BrFN3. The van der Waals surface area contributed by atoms with Crippen molar-refractivity contribution in [2.24, 2.45) is 0 Å². The normalized spacial score (nSPS) is 19.3. The lowest BCUT2D eigenvalue weighted by Gasteiger charge is -2.15. The molecule has 5 heteroatoms. The Morgan fingerprint density at radius 3 is 3.06 bits per heavy atom. The first-order chi connectivity index (χ1) is 8.75. The van der Waals surface area contributed by atoms with E-state index in [9.17, 15) is 4.39 Å². The van der Waals surface area contributed by atoms with Crippen molar-refractivity contribution in [2.45, 2.75) is 18.9 Å². The van der Waals surface area contributed by atoms with Crippen LogP contribution in [0.25, 0.3) is 5.69 Å². The van der Waals surface area contributed by atoms with Crippen molar-refractivity contribution < 1.29 is 4.39 Å². The Bertz CT molecular complexity index is 561. The number of hydrogen-bond acceptors (Lipinski definition) is 2. The second kappa shape index (κ2) is 4.82. The summed E-state index contributed by atoms with van der Waals surface area (Å²) in [6.45, 7) is 1.04. The number of hydrogen-bond donors (Lipinski definition) is 1. The predicted octanol–water partition coefficient (Wildman–Crippen LogP) is 3.20. The van der Waals surface area contributed by atoms with Crippen LogP contribution in [0.3, 0.4) is 0 Å². The molecule has 1 aliphatic heterocycles. The van der Waals surface area contributed by atoms with E-state index in [0.29, 0.717) is 6.04 Å². The van der Waals surface area contributed by atoms with Crippen molar-refractivity contribution in [3.63, 3.8) is 0 Å². The molecular weight excluding hydrogens is 297 g/mol. The van der Waals surface area contributed by atoms with Crippen LogP contribution in [0.1, 0.15) is 24.6 Å². The van der Waals surface area contributed by atoms with Crippen LogP contribution in [-0.2, 0) is 0 Å². The number of halogens is 2. The van der Waals surface area contributed by atoms with Gasteiger partial charge in [-0.3, -0.25) is 0 Å². The van der Waals surface area contributed by atoms with Crippen LogP contribution in [-0.4, -0.2) is 16.1 Å². The zero-order valence-corrected chi connectivity index (χ0v) is 11.3. The van der Waals surface area contributed by atoms with Gasteiger partial charge in [0.15, 0.2) is 0 Å². The monoisotopic (exact) mass is 309 g/mol. The Kier molecular flexibility index (Phi) is 3.18. The van der Waals surface area contributed by atoms with Gasteiger partial charge in [0.2, 0.25) is 0 Å². The average Bonchev–Trinajstić information content (AvgIpc) is 2.98. The van der Waals surface area contributed by atoms with Gasteiger partial charge in [0.25, 0.3) is 0 Å². The molecule has 0 spiro atoms. The Labute approximate surface area is 113 Å². The molecule has 1 atom stereocenters. The van der Waals surface area contributed by atoms with Gasteiger partial charge in [-0.2, -0.15) is 0 Å². The topological polar surface area (TPSA) is 29.9 Å². The molecule has 1 fully saturated rings. The van der Waals surface area contributed by atoms with E-state index >= 15 is 0 Å². The van der Waals surface area contributed by atoms with Crippen molar-refractivity contribution in [1.82, 2.24) is 14.9 Å². The van der Waals surface area contributed by atoms with Crippen LogP contribution in [0.5, 0.6) is 0 Å². The highest BCUT2D eigenvalue weighted by atomic mass is 79.9. The van der Waals surface area contributed by atoms with Crippen molar-refractivity contribution in [3.8, 4) is 5.69 Å². The van der Waals surface area contributed by atoms with Crippen molar-refractivity contribution in [3.05, 3.63) is 46.7 Å². The first-order valence-electron chi connectivity index (χ1n) is 5.97. The van der Waals surface area contributed by atoms with E-state index in [1.54, 1.807) is 12.4 Å². The van der Waals surface area contributed by atoms with Gasteiger partial charge in [-0.15, -0.1) is 0 Å². The second-order valence-corrected chi connectivity index (χ2v) is 5.29. The highest BCUT2D eigenvalue weighted by Gasteiger charge is 2.20. The summed E-state index contributed by atoms with van der Waals surface area (Å²) in [5.74, 6) is -0.244. The van der Waals surface area contributed by atoms with Gasteiger partial charge in [0.05, 0.1) is 23.9 Å². The number of benzene rings is 1. The SMILES string of the molecule is Fc1ccc(-n2cncc2C2CCCN2)c(Br)c1. The molecule has 94 valence electrons. The third kappa shape index (κ3) is 2.08. The molecule has 18 heavy (non-hydrogen) atoms. The number of nitrogens with zero attached hydrogens (tertiary/aromatic N) is 2. The maximum atomic E-state index is 13.1. The molecule has 1 saturated heterocycles. The van der Waals surface area contributed by atoms with Gasteiger partial charge in [-0.1, -0.05) is 0 Å². The van der Waals surface area contributed by atoms with Crippen LogP contribution in [0, 0.1) is 5.82 Å². The Morgan fingerprint density at radius 1 is 1.44 bits per heavy atom. The van der Waals surface area contributed by atoms with E-state index in [0.717, 1.165) is 28.8 Å². The fraction of sp³-hybridized carbons (Fsp3) is 0.308. The molecule has 1 aromatic heterocycles. The molecule has 2 aromatic rings. The minimum absolute atomic E-state index is 0.244. The number of aromatic nitrogens is 2. The largest absolute Gasteiger partial charge is 0.309 e. The van der Waals surface area contributed by atoms with E-state index in [-0.39, 0.29) is 5.82 Å². The molecule has 0 bridgehead atoms. The number of rotatable bonds is 2. The van der Waals surface area contributed by atoms with E-state index in [4.69, 9.17) is 0 Å². The fourth-order valence-corrected chi connectivity index (χ4v) is 2.92. The summed E-state index contributed by atoms with van der Waals surface area (Å²) in [7, 11) is 0. The van der Waals surface area contributed by atoms with Crippen molar-refractivity contribution in [2.75, 3.05) is 6.54 Å². The molecule has 1 aromatic carbocycles. The smallest absolute Gasteiger partial charge is 0.124 e. The Balaban J connectivity index is 2.03. The molecule has 1 unspecified atom stereocenters. The lowest BCUT2D eigenvalue weighted by molar-refractivity contribution is 0.612. The summed E-state index contributed by atoms with van der Waals surface area (Å²) < 4.78 is 15.9. The van der Waals surface area contributed by atoms with Gasteiger partial charge in [0, 0.05) is 10.5 Å². The molecule has 3 rings (SSSR count). The molecule has 0 radical (unpaired) electrons. The zero-order chi connectivity index (χ0) is 12.5. The summed E-state index contributed by atoms with van der Waals surface area (Å²) in [6.07, 6.45) is 5.94. The highest BCUT2D eigenvalue weighted by molar-refractivity contribution is 9.10. The van der Waals surface area contributed by atoms with Gasteiger partial charge < -0.3 is 9.88 Å². The second-order valence-electron chi connectivity index (χ2n) is 4.43. The molecule has 1 aliphatic rings. The van der Waals surface area contributed by atoms with Crippen LogP contribution < -0.4 is 5.32 Å². The summed E-state index contributed by atoms with van der Waals surface area (Å²) in [5.41, 5.74) is 2.04. The minimum atomic E-state index is -0.244. The third-order valence-corrected chi connectivity index (χ3v) is 3.89. The molecule has 2 heterocycles. The minimum Gasteiger partial charge on any atom is -0.309 e. The van der Waals surface area contributed by atoms with Gasteiger partial charge in [-0.25, -0.2) is 9.37 Å². The number of nitrogens with one attached hydrogen (secondary N) is 1. The molecule has 0 aliphatic carbocycles. The Morgan fingerprint density at radius 2 is 2.33 bits per heavy atom. The van der Waals surface area contributed by atoms with Crippen LogP contribution in [0.2, 0.25) is 0 Å². The summed E-state index contributed by atoms with van der Waals surface area (Å²) in [5, 5.41) is 3.45. The van der Waals surface area contributed by atoms with Crippen LogP contribution >= 0.6 is 15.9 Å². The standard InChI is InChI=1S/C13H13BrFN3/c14-10-6-9(15)3-4-12(10)18-8-16-7-13(18)11-2-1-5-17-11/h3-4,6-8,11,17H,1-2,5H2. The average molecular weight is 310 g/mol. The molecule has 0 amide bonds. The van der Waals surface area contributed by atoms with Crippen molar-refractivity contribution in [1.29, 1.82) is 0 Å².